The Kier molecular flexibility index (Phi) is 4.53. The molecule has 1 aromatic heterocycles. The first kappa shape index (κ1) is 13.8. The van der Waals surface area contributed by atoms with Crippen LogP contribution in [0.5, 0.6) is 0 Å². The molecule has 0 unspecified atom stereocenters. The topological polar surface area (TPSA) is 75.4 Å². The van der Waals surface area contributed by atoms with Gasteiger partial charge in [0, 0.05) is 17.2 Å². The number of nitrogens with zero attached hydrogens (tertiary/aromatic N) is 1. The molecule has 102 valence electrons. The molecule has 1 heterocycles. The quantitative estimate of drug-likeness (QED) is 0.823. The van der Waals surface area contributed by atoms with Crippen molar-refractivity contribution in [1.82, 2.24) is 10.5 Å². The van der Waals surface area contributed by atoms with Gasteiger partial charge in [0.2, 0.25) is 0 Å². The van der Waals surface area contributed by atoms with Crippen molar-refractivity contribution in [2.24, 2.45) is 0 Å². The van der Waals surface area contributed by atoms with Gasteiger partial charge in [0.15, 0.2) is 0 Å². The second-order valence-corrected chi connectivity index (χ2v) is 4.16. The minimum atomic E-state index is -0.208. The van der Waals surface area contributed by atoms with Crippen LogP contribution in [0.3, 0.4) is 0 Å². The Hall–Kier alpha value is -2.58. The zero-order chi connectivity index (χ0) is 14.4. The number of hydrogen-bond acceptors (Lipinski definition) is 4. The summed E-state index contributed by atoms with van der Waals surface area (Å²) in [5, 5.41) is 15.2. The van der Waals surface area contributed by atoms with Gasteiger partial charge in [-0.3, -0.25) is 4.79 Å². The largest absolute Gasteiger partial charge is 0.384 e. The summed E-state index contributed by atoms with van der Waals surface area (Å²) in [6.45, 7) is 2.00. The molecular weight excluding hydrogens is 256 g/mol. The average molecular weight is 270 g/mol. The maximum Gasteiger partial charge on any atom is 0.251 e. The van der Waals surface area contributed by atoms with Crippen LogP contribution >= 0.6 is 0 Å². The van der Waals surface area contributed by atoms with Gasteiger partial charge >= 0.3 is 0 Å². The molecule has 2 N–H and O–H groups in total. The Bertz CT molecular complexity index is 651. The van der Waals surface area contributed by atoms with Crippen LogP contribution in [0.25, 0.3) is 0 Å². The van der Waals surface area contributed by atoms with E-state index in [1.165, 1.54) is 6.26 Å². The van der Waals surface area contributed by atoms with E-state index in [1.54, 1.807) is 18.2 Å². The van der Waals surface area contributed by atoms with E-state index in [0.29, 0.717) is 17.8 Å². The molecule has 0 bridgehead atoms. The number of aromatic nitrogens is 1. The third-order valence-electron chi connectivity index (χ3n) is 2.72. The number of rotatable bonds is 3. The molecule has 0 saturated heterocycles. The van der Waals surface area contributed by atoms with Crippen molar-refractivity contribution in [2.45, 2.75) is 13.5 Å². The summed E-state index contributed by atoms with van der Waals surface area (Å²) in [6, 6.07) is 6.95. The molecule has 0 fully saturated rings. The highest BCUT2D eigenvalue weighted by atomic mass is 16.5. The van der Waals surface area contributed by atoms with Crippen molar-refractivity contribution in [1.29, 1.82) is 0 Å². The summed E-state index contributed by atoms with van der Waals surface area (Å²) in [6.07, 6.45) is 1.45. The maximum absolute atomic E-state index is 12.0. The lowest BCUT2D eigenvalue weighted by molar-refractivity contribution is 0.0950. The van der Waals surface area contributed by atoms with Crippen LogP contribution < -0.4 is 5.32 Å². The molecule has 0 radical (unpaired) electrons. The van der Waals surface area contributed by atoms with Crippen LogP contribution in [0.15, 0.2) is 35.1 Å². The minimum absolute atomic E-state index is 0.206. The number of aryl methyl sites for hydroxylation is 1. The van der Waals surface area contributed by atoms with E-state index >= 15 is 0 Å². The van der Waals surface area contributed by atoms with E-state index in [-0.39, 0.29) is 12.5 Å². The number of carbonyl (C=O) groups excluding carboxylic acids is 1. The summed E-state index contributed by atoms with van der Waals surface area (Å²) in [5.74, 6) is 5.19. The van der Waals surface area contributed by atoms with E-state index in [1.807, 2.05) is 13.0 Å². The number of nitrogens with one attached hydrogen (secondary N) is 1. The smallest absolute Gasteiger partial charge is 0.251 e. The molecule has 2 aromatic rings. The van der Waals surface area contributed by atoms with Crippen molar-refractivity contribution in [2.75, 3.05) is 6.61 Å². The highest BCUT2D eigenvalue weighted by molar-refractivity contribution is 5.94. The number of aliphatic hydroxyl groups is 1. The number of amides is 1. The van der Waals surface area contributed by atoms with Crippen LogP contribution in [0.2, 0.25) is 0 Å². The molecule has 0 saturated carbocycles. The van der Waals surface area contributed by atoms with Crippen molar-refractivity contribution >= 4 is 5.91 Å². The highest BCUT2D eigenvalue weighted by Crippen LogP contribution is 2.10. The second-order valence-electron chi connectivity index (χ2n) is 4.16. The van der Waals surface area contributed by atoms with Gasteiger partial charge in [-0.2, -0.15) is 0 Å². The Balaban J connectivity index is 2.09. The maximum atomic E-state index is 12.0. The van der Waals surface area contributed by atoms with E-state index in [9.17, 15) is 4.79 Å². The SMILES string of the molecule is Cc1ccc(C(=O)NCc2ccon2)cc1C#CCO. The van der Waals surface area contributed by atoms with Crippen molar-refractivity contribution in [3.63, 3.8) is 0 Å². The van der Waals surface area contributed by atoms with Crippen LogP contribution in [0.1, 0.15) is 27.2 Å². The predicted molar refractivity (Wildman–Crippen MR) is 72.8 cm³/mol. The number of benzene rings is 1. The van der Waals surface area contributed by atoms with Gasteiger partial charge in [-0.15, -0.1) is 0 Å². The average Bonchev–Trinajstić information content (AvgIpc) is 2.97. The summed E-state index contributed by atoms with van der Waals surface area (Å²) >= 11 is 0. The monoisotopic (exact) mass is 270 g/mol. The molecule has 0 aliphatic rings. The highest BCUT2D eigenvalue weighted by Gasteiger charge is 2.08. The Labute approximate surface area is 116 Å². The minimum Gasteiger partial charge on any atom is -0.384 e. The lowest BCUT2D eigenvalue weighted by Crippen LogP contribution is -2.23. The molecule has 0 aliphatic carbocycles. The van der Waals surface area contributed by atoms with Gasteiger partial charge in [-0.25, -0.2) is 0 Å². The third-order valence-corrected chi connectivity index (χ3v) is 2.72. The van der Waals surface area contributed by atoms with Gasteiger partial charge in [-0.1, -0.05) is 23.1 Å². The Morgan fingerprint density at radius 2 is 2.30 bits per heavy atom. The summed E-state index contributed by atoms with van der Waals surface area (Å²) in [5.41, 5.74) is 2.86. The Morgan fingerprint density at radius 3 is 3.00 bits per heavy atom. The first-order valence-electron chi connectivity index (χ1n) is 6.08. The summed E-state index contributed by atoms with van der Waals surface area (Å²) in [4.78, 5) is 12.0. The van der Waals surface area contributed by atoms with Crippen LogP contribution in [-0.4, -0.2) is 22.8 Å². The zero-order valence-electron chi connectivity index (χ0n) is 11.0. The van der Waals surface area contributed by atoms with Crippen molar-refractivity contribution in [3.8, 4) is 11.8 Å². The van der Waals surface area contributed by atoms with E-state index < -0.39 is 0 Å². The molecule has 2 rings (SSSR count). The lowest BCUT2D eigenvalue weighted by Gasteiger charge is -2.05. The molecule has 0 spiro atoms. The van der Waals surface area contributed by atoms with Gasteiger partial charge in [-0.05, 0) is 24.6 Å². The van der Waals surface area contributed by atoms with E-state index in [4.69, 9.17) is 5.11 Å². The fourth-order valence-corrected chi connectivity index (χ4v) is 1.63. The summed E-state index contributed by atoms with van der Waals surface area (Å²) in [7, 11) is 0. The molecule has 0 aliphatic heterocycles. The molecule has 1 amide bonds. The third kappa shape index (κ3) is 3.46. The number of aliphatic hydroxyl groups excluding tert-OH is 1. The molecular formula is C15H14N2O3. The first-order chi connectivity index (χ1) is 9.70. The van der Waals surface area contributed by atoms with Crippen molar-refractivity contribution < 1.29 is 14.4 Å². The zero-order valence-corrected chi connectivity index (χ0v) is 11.0. The van der Waals surface area contributed by atoms with Gasteiger partial charge in [0.05, 0.1) is 6.54 Å². The van der Waals surface area contributed by atoms with Crippen LogP contribution in [-0.2, 0) is 6.54 Å². The fourth-order valence-electron chi connectivity index (χ4n) is 1.63. The van der Waals surface area contributed by atoms with Gasteiger partial charge in [0.25, 0.3) is 5.91 Å². The molecule has 1 aromatic carbocycles. The first-order valence-corrected chi connectivity index (χ1v) is 6.08. The molecule has 20 heavy (non-hydrogen) atoms. The standard InChI is InChI=1S/C15H14N2O3/c1-11-4-5-13(9-12(11)3-2-7-18)15(19)16-10-14-6-8-20-17-14/h4-6,8-9,18H,7,10H2,1H3,(H,16,19). The second kappa shape index (κ2) is 6.55. The van der Waals surface area contributed by atoms with Crippen molar-refractivity contribution in [3.05, 3.63) is 52.9 Å². The van der Waals surface area contributed by atoms with Gasteiger partial charge < -0.3 is 14.9 Å². The molecule has 5 heteroatoms. The van der Waals surface area contributed by atoms with Crippen LogP contribution in [0.4, 0.5) is 0 Å². The number of carbonyl (C=O) groups is 1. The van der Waals surface area contributed by atoms with Gasteiger partial charge in [0.1, 0.15) is 18.6 Å². The lowest BCUT2D eigenvalue weighted by atomic mass is 10.0. The molecule has 5 nitrogen and oxygen atoms in total. The van der Waals surface area contributed by atoms with E-state index in [0.717, 1.165) is 11.1 Å². The normalized spacial score (nSPS) is 9.70. The Morgan fingerprint density at radius 1 is 1.45 bits per heavy atom. The molecule has 0 atom stereocenters. The van der Waals surface area contributed by atoms with Crippen LogP contribution in [0, 0.1) is 18.8 Å². The van der Waals surface area contributed by atoms with E-state index in [2.05, 4.69) is 26.8 Å². The fraction of sp³-hybridized carbons (Fsp3) is 0.200. The number of hydrogen-bond donors (Lipinski definition) is 2. The summed E-state index contributed by atoms with van der Waals surface area (Å²) < 4.78 is 4.69. The predicted octanol–water partition coefficient (Wildman–Crippen LogP) is 1.26.